The second kappa shape index (κ2) is 12.7. The molecule has 0 aliphatic heterocycles. The number of carbonyl (C=O) groups is 3. The summed E-state index contributed by atoms with van der Waals surface area (Å²) in [7, 11) is 0. The van der Waals surface area contributed by atoms with E-state index in [2.05, 4.69) is 24.5 Å². The number of hydrogen-bond acceptors (Lipinski definition) is 5. The van der Waals surface area contributed by atoms with Gasteiger partial charge in [0.25, 0.3) is 0 Å². The quantitative estimate of drug-likeness (QED) is 0.401. The van der Waals surface area contributed by atoms with Gasteiger partial charge in [-0.05, 0) is 57.6 Å². The van der Waals surface area contributed by atoms with Crippen LogP contribution in [0.2, 0.25) is 0 Å². The maximum atomic E-state index is 13.6. The highest BCUT2D eigenvalue weighted by Gasteiger charge is 2.43. The average molecular weight is 476 g/mol. The van der Waals surface area contributed by atoms with Crippen LogP contribution in [0.25, 0.3) is 0 Å². The van der Waals surface area contributed by atoms with Crippen LogP contribution in [0.5, 0.6) is 0 Å². The Hall–Kier alpha value is -2.61. The van der Waals surface area contributed by atoms with Crippen LogP contribution in [-0.4, -0.2) is 58.8 Å². The van der Waals surface area contributed by atoms with E-state index in [1.54, 1.807) is 20.8 Å². The number of aryl methyl sites for hydroxylation is 1. The SMILES string of the molecule is CCCCCNC(=O)C(c1ccc(CC)cc1)N(C(=O)C(CO)NC(=O)OC(C)(C)C)C1CC1. The van der Waals surface area contributed by atoms with E-state index in [0.717, 1.165) is 44.1 Å². The lowest BCUT2D eigenvalue weighted by Gasteiger charge is -2.34. The van der Waals surface area contributed by atoms with Crippen molar-refractivity contribution in [1.29, 1.82) is 0 Å². The number of alkyl carbamates (subject to hydrolysis) is 1. The molecule has 0 bridgehead atoms. The van der Waals surface area contributed by atoms with Crippen LogP contribution < -0.4 is 10.6 Å². The zero-order chi connectivity index (χ0) is 25.3. The van der Waals surface area contributed by atoms with E-state index in [-0.39, 0.29) is 11.9 Å². The Labute approximate surface area is 203 Å². The summed E-state index contributed by atoms with van der Waals surface area (Å²) < 4.78 is 5.26. The molecule has 2 rings (SSSR count). The van der Waals surface area contributed by atoms with Gasteiger partial charge in [0.1, 0.15) is 17.7 Å². The summed E-state index contributed by atoms with van der Waals surface area (Å²) in [6.07, 6.45) is 4.52. The van der Waals surface area contributed by atoms with Crippen LogP contribution in [0.1, 0.15) is 83.9 Å². The smallest absolute Gasteiger partial charge is 0.408 e. The monoisotopic (exact) mass is 475 g/mol. The fourth-order valence-electron chi connectivity index (χ4n) is 3.74. The summed E-state index contributed by atoms with van der Waals surface area (Å²) in [5.41, 5.74) is 1.10. The molecule has 1 aromatic rings. The number of ether oxygens (including phenoxy) is 1. The van der Waals surface area contributed by atoms with Gasteiger partial charge in [-0.25, -0.2) is 4.79 Å². The number of amides is 3. The lowest BCUT2D eigenvalue weighted by molar-refractivity contribution is -0.144. The number of aliphatic hydroxyl groups excluding tert-OH is 1. The van der Waals surface area contributed by atoms with Crippen molar-refractivity contribution in [3.8, 4) is 0 Å². The summed E-state index contributed by atoms with van der Waals surface area (Å²) >= 11 is 0. The molecular weight excluding hydrogens is 434 g/mol. The predicted octanol–water partition coefficient (Wildman–Crippen LogP) is 3.47. The van der Waals surface area contributed by atoms with E-state index in [9.17, 15) is 19.5 Å². The first-order valence-corrected chi connectivity index (χ1v) is 12.4. The van der Waals surface area contributed by atoms with Gasteiger partial charge in [-0.3, -0.25) is 9.59 Å². The average Bonchev–Trinajstić information content (AvgIpc) is 3.62. The third kappa shape index (κ3) is 8.31. The Morgan fingerprint density at radius 3 is 2.26 bits per heavy atom. The highest BCUT2D eigenvalue weighted by Crippen LogP contribution is 2.35. The fraction of sp³-hybridized carbons (Fsp3) is 0.654. The van der Waals surface area contributed by atoms with Crippen molar-refractivity contribution in [2.24, 2.45) is 0 Å². The third-order valence-electron chi connectivity index (χ3n) is 5.68. The molecule has 3 N–H and O–H groups in total. The van der Waals surface area contributed by atoms with Crippen molar-refractivity contribution in [2.45, 2.75) is 96.9 Å². The third-order valence-corrected chi connectivity index (χ3v) is 5.68. The number of hydrogen-bond donors (Lipinski definition) is 3. The normalized spacial score (nSPS) is 15.2. The Balaban J connectivity index is 2.31. The zero-order valence-corrected chi connectivity index (χ0v) is 21.2. The molecule has 8 heteroatoms. The summed E-state index contributed by atoms with van der Waals surface area (Å²) in [5, 5.41) is 15.4. The predicted molar refractivity (Wildman–Crippen MR) is 131 cm³/mol. The molecule has 1 aliphatic carbocycles. The van der Waals surface area contributed by atoms with Crippen LogP contribution in [0.3, 0.4) is 0 Å². The summed E-state index contributed by atoms with van der Waals surface area (Å²) in [6.45, 7) is 9.25. The van der Waals surface area contributed by atoms with Crippen LogP contribution in [0.15, 0.2) is 24.3 Å². The van der Waals surface area contributed by atoms with Gasteiger partial charge < -0.3 is 25.4 Å². The molecule has 3 amide bonds. The molecule has 1 aromatic carbocycles. The lowest BCUT2D eigenvalue weighted by atomic mass is 10.00. The second-order valence-corrected chi connectivity index (χ2v) is 9.85. The molecule has 0 heterocycles. The largest absolute Gasteiger partial charge is 0.444 e. The topological polar surface area (TPSA) is 108 Å². The van der Waals surface area contributed by atoms with Gasteiger partial charge in [0, 0.05) is 12.6 Å². The van der Waals surface area contributed by atoms with Gasteiger partial charge in [-0.15, -0.1) is 0 Å². The van der Waals surface area contributed by atoms with Crippen LogP contribution in [0.4, 0.5) is 4.79 Å². The summed E-state index contributed by atoms with van der Waals surface area (Å²) in [6, 6.07) is 5.51. The minimum atomic E-state index is -1.21. The number of benzene rings is 1. The maximum absolute atomic E-state index is 13.6. The first-order chi connectivity index (χ1) is 16.1. The Kier molecular flexibility index (Phi) is 10.4. The molecule has 8 nitrogen and oxygen atoms in total. The van der Waals surface area contributed by atoms with E-state index in [4.69, 9.17) is 4.74 Å². The van der Waals surface area contributed by atoms with Gasteiger partial charge >= 0.3 is 6.09 Å². The fourth-order valence-corrected chi connectivity index (χ4v) is 3.74. The molecule has 1 saturated carbocycles. The van der Waals surface area contributed by atoms with E-state index >= 15 is 0 Å². The minimum absolute atomic E-state index is 0.126. The highest BCUT2D eigenvalue weighted by atomic mass is 16.6. The molecule has 0 aromatic heterocycles. The summed E-state index contributed by atoms with van der Waals surface area (Å²) in [4.78, 5) is 40.8. The number of nitrogens with zero attached hydrogens (tertiary/aromatic N) is 1. The maximum Gasteiger partial charge on any atom is 0.408 e. The van der Waals surface area contributed by atoms with Crippen molar-refractivity contribution >= 4 is 17.9 Å². The molecule has 34 heavy (non-hydrogen) atoms. The first kappa shape index (κ1) is 27.6. The molecule has 0 spiro atoms. The van der Waals surface area contributed by atoms with E-state index in [1.807, 2.05) is 24.3 Å². The molecule has 0 saturated heterocycles. The van der Waals surface area contributed by atoms with E-state index < -0.39 is 36.3 Å². The van der Waals surface area contributed by atoms with Gasteiger partial charge in [0.2, 0.25) is 11.8 Å². The molecular formula is C26H41N3O5. The van der Waals surface area contributed by atoms with Gasteiger partial charge in [0.05, 0.1) is 6.61 Å². The molecule has 190 valence electrons. The highest BCUT2D eigenvalue weighted by molar-refractivity contribution is 5.92. The van der Waals surface area contributed by atoms with E-state index in [1.165, 1.54) is 4.90 Å². The first-order valence-electron chi connectivity index (χ1n) is 12.4. The molecule has 1 aliphatic rings. The Morgan fingerprint density at radius 1 is 1.12 bits per heavy atom. The number of aliphatic hydroxyl groups is 1. The number of unbranched alkanes of at least 4 members (excludes halogenated alkanes) is 2. The minimum Gasteiger partial charge on any atom is -0.444 e. The van der Waals surface area contributed by atoms with Crippen molar-refractivity contribution in [3.05, 3.63) is 35.4 Å². The van der Waals surface area contributed by atoms with E-state index in [0.29, 0.717) is 12.1 Å². The standard InChI is InChI=1S/C26H41N3O5/c1-6-8-9-16-27-23(31)22(19-12-10-18(7-2)11-13-19)29(20-14-15-20)24(32)21(17-30)28-25(33)34-26(3,4)5/h10-13,20-22,30H,6-9,14-17H2,1-5H3,(H,27,31)(H,28,33). The molecule has 2 unspecified atom stereocenters. The van der Waals surface area contributed by atoms with Crippen LogP contribution >= 0.6 is 0 Å². The Bertz CT molecular complexity index is 815. The van der Waals surface area contributed by atoms with Crippen molar-refractivity contribution in [2.75, 3.05) is 13.2 Å². The number of nitrogens with one attached hydrogen (secondary N) is 2. The Morgan fingerprint density at radius 2 is 1.76 bits per heavy atom. The summed E-state index contributed by atoms with van der Waals surface area (Å²) in [5.74, 6) is -0.751. The van der Waals surface area contributed by atoms with Crippen molar-refractivity contribution in [1.82, 2.24) is 15.5 Å². The van der Waals surface area contributed by atoms with Gasteiger partial charge in [-0.2, -0.15) is 0 Å². The molecule has 1 fully saturated rings. The zero-order valence-electron chi connectivity index (χ0n) is 21.2. The van der Waals surface area contributed by atoms with Crippen LogP contribution in [0, 0.1) is 0 Å². The van der Waals surface area contributed by atoms with Crippen molar-refractivity contribution < 1.29 is 24.2 Å². The lowest BCUT2D eigenvalue weighted by Crippen LogP contribution is -2.55. The number of rotatable bonds is 12. The van der Waals surface area contributed by atoms with Crippen LogP contribution in [-0.2, 0) is 20.7 Å². The molecule has 2 atom stereocenters. The van der Waals surface area contributed by atoms with Gasteiger partial charge in [-0.1, -0.05) is 51.0 Å². The molecule has 0 radical (unpaired) electrons. The number of carbonyl (C=O) groups excluding carboxylic acids is 3. The second-order valence-electron chi connectivity index (χ2n) is 9.85. The van der Waals surface area contributed by atoms with Crippen molar-refractivity contribution in [3.63, 3.8) is 0 Å². The van der Waals surface area contributed by atoms with Gasteiger partial charge in [0.15, 0.2) is 0 Å².